The predicted molar refractivity (Wildman–Crippen MR) is 43.8 cm³/mol. The molecule has 0 aliphatic heterocycles. The molecule has 0 spiro atoms. The van der Waals surface area contributed by atoms with Crippen molar-refractivity contribution < 1.29 is 0 Å². The molecule has 1 aliphatic rings. The summed E-state index contributed by atoms with van der Waals surface area (Å²) in [6, 6.07) is 0.193. The van der Waals surface area contributed by atoms with Gasteiger partial charge >= 0.3 is 0 Å². The molecule has 0 bridgehead atoms. The highest BCUT2D eigenvalue weighted by Crippen LogP contribution is 2.39. The lowest BCUT2D eigenvalue weighted by molar-refractivity contribution is 0.484. The molecule has 3 N–H and O–H groups in total. The maximum absolute atomic E-state index is 5.43. The fourth-order valence-electron chi connectivity index (χ4n) is 1.40. The van der Waals surface area contributed by atoms with Gasteiger partial charge in [-0.25, -0.2) is 0 Å². The van der Waals surface area contributed by atoms with E-state index in [1.54, 1.807) is 4.68 Å². The van der Waals surface area contributed by atoms with Gasteiger partial charge in [-0.1, -0.05) is 5.21 Å². The first-order valence-electron chi connectivity index (χ1n) is 4.13. The third-order valence-corrected chi connectivity index (χ3v) is 2.21. The van der Waals surface area contributed by atoms with Gasteiger partial charge in [0.1, 0.15) is 5.69 Å². The minimum absolute atomic E-state index is 0.193. The summed E-state index contributed by atoms with van der Waals surface area (Å²) in [6.07, 6.45) is 4.39. The second-order valence-electron chi connectivity index (χ2n) is 3.30. The molecular weight excluding hydrogens is 154 g/mol. The maximum Gasteiger partial charge on any atom is 0.101 e. The van der Waals surface area contributed by atoms with E-state index < -0.39 is 0 Å². The molecule has 1 atom stereocenters. The van der Waals surface area contributed by atoms with Gasteiger partial charge in [0.15, 0.2) is 0 Å². The summed E-state index contributed by atoms with van der Waals surface area (Å²) >= 11 is 0. The van der Waals surface area contributed by atoms with Gasteiger partial charge in [0.25, 0.3) is 0 Å². The minimum atomic E-state index is 0.193. The standard InChI is InChI=1S/C7H13N5/c1-12-4-6(10-11-12)7(9-8)5-2-3-5/h4-5,7,9H,2-3,8H2,1H3. The maximum atomic E-state index is 5.43. The molecule has 0 aromatic carbocycles. The van der Waals surface area contributed by atoms with E-state index >= 15 is 0 Å². The molecule has 1 saturated carbocycles. The largest absolute Gasteiger partial charge is 0.271 e. The summed E-state index contributed by atoms with van der Waals surface area (Å²) in [6.45, 7) is 0. The number of nitrogens with zero attached hydrogens (tertiary/aromatic N) is 3. The molecule has 1 heterocycles. The second kappa shape index (κ2) is 2.84. The molecule has 0 saturated heterocycles. The van der Waals surface area contributed by atoms with Crippen LogP contribution in [-0.4, -0.2) is 15.0 Å². The van der Waals surface area contributed by atoms with Crippen LogP contribution >= 0.6 is 0 Å². The van der Waals surface area contributed by atoms with E-state index in [1.165, 1.54) is 12.8 Å². The van der Waals surface area contributed by atoms with Crippen LogP contribution in [0.2, 0.25) is 0 Å². The Hall–Kier alpha value is -0.940. The number of hydrogen-bond donors (Lipinski definition) is 2. The highest BCUT2D eigenvalue weighted by atomic mass is 15.4. The smallest absolute Gasteiger partial charge is 0.101 e. The van der Waals surface area contributed by atoms with Crippen LogP contribution in [0.3, 0.4) is 0 Å². The highest BCUT2D eigenvalue weighted by Gasteiger charge is 2.33. The Bertz CT molecular complexity index is 265. The van der Waals surface area contributed by atoms with Gasteiger partial charge in [0.05, 0.1) is 6.04 Å². The molecule has 0 amide bonds. The van der Waals surface area contributed by atoms with Crippen LogP contribution in [0.5, 0.6) is 0 Å². The molecule has 1 unspecified atom stereocenters. The summed E-state index contributed by atoms with van der Waals surface area (Å²) in [4.78, 5) is 0. The summed E-state index contributed by atoms with van der Waals surface area (Å²) in [7, 11) is 1.86. The topological polar surface area (TPSA) is 68.8 Å². The molecule has 12 heavy (non-hydrogen) atoms. The van der Waals surface area contributed by atoms with Crippen LogP contribution in [0.1, 0.15) is 24.6 Å². The monoisotopic (exact) mass is 167 g/mol. The average molecular weight is 167 g/mol. The van der Waals surface area contributed by atoms with Crippen LogP contribution in [-0.2, 0) is 7.05 Å². The van der Waals surface area contributed by atoms with Crippen LogP contribution in [0.4, 0.5) is 0 Å². The van der Waals surface area contributed by atoms with Gasteiger partial charge in [0.2, 0.25) is 0 Å². The number of hydrazine groups is 1. The van der Waals surface area contributed by atoms with Gasteiger partial charge in [-0.15, -0.1) is 5.10 Å². The molecular formula is C7H13N5. The molecule has 0 radical (unpaired) electrons. The van der Waals surface area contributed by atoms with Crippen molar-refractivity contribution in [1.29, 1.82) is 0 Å². The van der Waals surface area contributed by atoms with Crippen molar-refractivity contribution in [2.24, 2.45) is 18.8 Å². The van der Waals surface area contributed by atoms with Gasteiger partial charge in [-0.3, -0.25) is 16.0 Å². The lowest BCUT2D eigenvalue weighted by Crippen LogP contribution is -2.29. The average Bonchev–Trinajstić information content (AvgIpc) is 2.78. The van der Waals surface area contributed by atoms with Crippen molar-refractivity contribution in [2.75, 3.05) is 0 Å². The van der Waals surface area contributed by atoms with Crippen LogP contribution in [0.15, 0.2) is 6.20 Å². The summed E-state index contributed by atoms with van der Waals surface area (Å²) in [5.74, 6) is 6.09. The Labute approximate surface area is 70.9 Å². The first-order chi connectivity index (χ1) is 5.81. The quantitative estimate of drug-likeness (QED) is 0.480. The van der Waals surface area contributed by atoms with Crippen molar-refractivity contribution in [2.45, 2.75) is 18.9 Å². The Morgan fingerprint density at radius 2 is 2.50 bits per heavy atom. The van der Waals surface area contributed by atoms with Crippen LogP contribution < -0.4 is 11.3 Å². The highest BCUT2D eigenvalue weighted by molar-refractivity contribution is 5.05. The Morgan fingerprint density at radius 3 is 2.92 bits per heavy atom. The van der Waals surface area contributed by atoms with E-state index in [1.807, 2.05) is 13.2 Å². The molecule has 1 aliphatic carbocycles. The SMILES string of the molecule is Cn1cc(C(NN)C2CC2)nn1. The first-order valence-corrected chi connectivity index (χ1v) is 4.13. The van der Waals surface area contributed by atoms with Crippen LogP contribution in [0.25, 0.3) is 0 Å². The lowest BCUT2D eigenvalue weighted by atomic mass is 10.1. The molecule has 1 aromatic rings. The van der Waals surface area contributed by atoms with E-state index in [0.29, 0.717) is 5.92 Å². The zero-order chi connectivity index (χ0) is 8.55. The van der Waals surface area contributed by atoms with E-state index in [-0.39, 0.29) is 6.04 Å². The Balaban J connectivity index is 2.15. The third kappa shape index (κ3) is 1.33. The van der Waals surface area contributed by atoms with E-state index in [0.717, 1.165) is 5.69 Å². The zero-order valence-corrected chi connectivity index (χ0v) is 7.07. The molecule has 66 valence electrons. The van der Waals surface area contributed by atoms with Crippen molar-refractivity contribution in [3.63, 3.8) is 0 Å². The lowest BCUT2D eigenvalue weighted by Gasteiger charge is -2.10. The molecule has 5 nitrogen and oxygen atoms in total. The zero-order valence-electron chi connectivity index (χ0n) is 7.07. The normalized spacial score (nSPS) is 19.5. The van der Waals surface area contributed by atoms with Crippen molar-refractivity contribution in [1.82, 2.24) is 20.4 Å². The molecule has 1 aromatic heterocycles. The van der Waals surface area contributed by atoms with Gasteiger partial charge < -0.3 is 0 Å². The third-order valence-electron chi connectivity index (χ3n) is 2.21. The van der Waals surface area contributed by atoms with Crippen LogP contribution in [0, 0.1) is 5.92 Å². The minimum Gasteiger partial charge on any atom is -0.271 e. The number of nitrogens with two attached hydrogens (primary N) is 1. The fraction of sp³-hybridized carbons (Fsp3) is 0.714. The van der Waals surface area contributed by atoms with Gasteiger partial charge in [-0.05, 0) is 18.8 Å². The second-order valence-corrected chi connectivity index (χ2v) is 3.30. The summed E-state index contributed by atoms with van der Waals surface area (Å²) < 4.78 is 1.70. The van der Waals surface area contributed by atoms with E-state index in [9.17, 15) is 0 Å². The number of nitrogens with one attached hydrogen (secondary N) is 1. The Morgan fingerprint density at radius 1 is 1.75 bits per heavy atom. The van der Waals surface area contributed by atoms with Crippen molar-refractivity contribution in [3.05, 3.63) is 11.9 Å². The Kier molecular flexibility index (Phi) is 1.82. The molecule has 1 fully saturated rings. The first kappa shape index (κ1) is 7.70. The fourth-order valence-corrected chi connectivity index (χ4v) is 1.40. The van der Waals surface area contributed by atoms with Crippen molar-refractivity contribution >= 4 is 0 Å². The summed E-state index contributed by atoms with van der Waals surface area (Å²) in [5, 5.41) is 7.89. The number of aryl methyl sites for hydroxylation is 1. The van der Waals surface area contributed by atoms with Gasteiger partial charge in [0, 0.05) is 13.2 Å². The van der Waals surface area contributed by atoms with E-state index in [2.05, 4.69) is 15.7 Å². The number of aromatic nitrogens is 3. The number of rotatable bonds is 3. The predicted octanol–water partition coefficient (Wildman–Crippen LogP) is -0.271. The van der Waals surface area contributed by atoms with Crippen molar-refractivity contribution in [3.8, 4) is 0 Å². The van der Waals surface area contributed by atoms with E-state index in [4.69, 9.17) is 5.84 Å². The molecule has 2 rings (SSSR count). The van der Waals surface area contributed by atoms with Gasteiger partial charge in [-0.2, -0.15) is 0 Å². The molecule has 5 heteroatoms. The summed E-state index contributed by atoms with van der Waals surface area (Å²) in [5.41, 5.74) is 3.72. The number of hydrogen-bond acceptors (Lipinski definition) is 4.